The van der Waals surface area contributed by atoms with E-state index in [1.165, 1.54) is 10.4 Å². The molecule has 172 valence electrons. The van der Waals surface area contributed by atoms with E-state index in [1.807, 2.05) is 0 Å². The van der Waals surface area contributed by atoms with Gasteiger partial charge in [0, 0.05) is 55.7 Å². The van der Waals surface area contributed by atoms with E-state index in [4.69, 9.17) is 0 Å². The largest absolute Gasteiger partial charge is 0.349 e. The number of hydrogen-bond acceptors (Lipinski definition) is 5. The number of aromatic nitrogens is 1. The quantitative estimate of drug-likeness (QED) is 0.687. The number of pyridine rings is 1. The van der Waals surface area contributed by atoms with E-state index in [2.05, 4.69) is 10.3 Å². The van der Waals surface area contributed by atoms with Gasteiger partial charge in [0.15, 0.2) is 0 Å². The van der Waals surface area contributed by atoms with Crippen molar-refractivity contribution in [2.45, 2.75) is 44.6 Å². The second kappa shape index (κ2) is 10.2. The molecule has 9 heteroatoms. The van der Waals surface area contributed by atoms with Crippen LogP contribution in [-0.4, -0.2) is 66.6 Å². The molecular formula is C23H30N4O4S. The average molecular weight is 459 g/mol. The van der Waals surface area contributed by atoms with Gasteiger partial charge >= 0.3 is 0 Å². The van der Waals surface area contributed by atoms with Crippen LogP contribution in [-0.2, 0) is 10.0 Å². The number of nitrogens with zero attached hydrogens (tertiary/aromatic N) is 3. The summed E-state index contributed by atoms with van der Waals surface area (Å²) in [5.41, 5.74) is 1.53. The van der Waals surface area contributed by atoms with Crippen molar-refractivity contribution in [1.29, 1.82) is 0 Å². The Morgan fingerprint density at radius 1 is 1.06 bits per heavy atom. The topological polar surface area (TPSA) is 99.7 Å². The molecule has 32 heavy (non-hydrogen) atoms. The molecule has 1 aliphatic heterocycles. The summed E-state index contributed by atoms with van der Waals surface area (Å²) in [7, 11) is -3.66. The van der Waals surface area contributed by atoms with Crippen molar-refractivity contribution >= 4 is 21.8 Å². The first-order valence-electron chi connectivity index (χ1n) is 10.9. The Hall–Kier alpha value is -2.78. The number of hydrogen-bond donors (Lipinski definition) is 1. The number of amides is 2. The molecule has 1 saturated heterocycles. The van der Waals surface area contributed by atoms with Crippen LogP contribution >= 0.6 is 0 Å². The van der Waals surface area contributed by atoms with Crippen LogP contribution in [0, 0.1) is 6.92 Å². The number of sulfonamides is 1. The zero-order chi connectivity index (χ0) is 23.3. The van der Waals surface area contributed by atoms with Crippen molar-refractivity contribution in [3.8, 4) is 0 Å². The predicted octanol–water partition coefficient (Wildman–Crippen LogP) is 2.46. The minimum atomic E-state index is -3.66. The molecule has 1 fully saturated rings. The van der Waals surface area contributed by atoms with E-state index in [0.29, 0.717) is 55.7 Å². The number of carbonyl (C=O) groups excluding carboxylic acids is 2. The Bertz CT molecular complexity index is 1060. The van der Waals surface area contributed by atoms with Crippen LogP contribution in [0.4, 0.5) is 0 Å². The third-order valence-electron chi connectivity index (χ3n) is 5.82. The Kier molecular flexibility index (Phi) is 7.63. The van der Waals surface area contributed by atoms with Gasteiger partial charge in [0.05, 0.1) is 4.90 Å². The smallest absolute Gasteiger partial charge is 0.253 e. The van der Waals surface area contributed by atoms with E-state index in [9.17, 15) is 18.0 Å². The molecule has 0 spiro atoms. The predicted molar refractivity (Wildman–Crippen MR) is 122 cm³/mol. The fraction of sp³-hybridized carbons (Fsp3) is 0.435. The minimum Gasteiger partial charge on any atom is -0.349 e. The van der Waals surface area contributed by atoms with Crippen LogP contribution in [0.5, 0.6) is 0 Å². The Morgan fingerprint density at radius 2 is 1.69 bits per heavy atom. The van der Waals surface area contributed by atoms with Gasteiger partial charge in [-0.2, -0.15) is 4.31 Å². The molecule has 0 unspecified atom stereocenters. The lowest BCUT2D eigenvalue weighted by molar-refractivity contribution is 0.0698. The van der Waals surface area contributed by atoms with E-state index >= 15 is 0 Å². The standard InChI is InChI=1S/C23H30N4O4S/c1-4-27(5-2)32(30,31)21-16-19(7-6-17(21)3)22(28)25-20-10-14-26(15-11-20)23(29)18-8-12-24-13-9-18/h6-9,12-13,16,20H,4-5,10-11,14-15H2,1-3H3,(H,25,28). The van der Waals surface area contributed by atoms with E-state index in [0.717, 1.165) is 0 Å². The maximum absolute atomic E-state index is 12.9. The summed E-state index contributed by atoms with van der Waals surface area (Å²) >= 11 is 0. The first kappa shape index (κ1) is 23.9. The summed E-state index contributed by atoms with van der Waals surface area (Å²) in [5, 5.41) is 2.99. The second-order valence-corrected chi connectivity index (χ2v) is 9.75. The third kappa shape index (κ3) is 5.16. The number of rotatable bonds is 7. The molecule has 1 aromatic heterocycles. The lowest BCUT2D eigenvalue weighted by atomic mass is 10.0. The Morgan fingerprint density at radius 3 is 2.28 bits per heavy atom. The first-order valence-corrected chi connectivity index (χ1v) is 12.3. The fourth-order valence-electron chi connectivity index (χ4n) is 3.89. The fourth-order valence-corrected chi connectivity index (χ4v) is 5.60. The number of carbonyl (C=O) groups is 2. The molecule has 0 radical (unpaired) electrons. The van der Waals surface area contributed by atoms with Gasteiger partial charge in [0.25, 0.3) is 11.8 Å². The normalized spacial score (nSPS) is 15.1. The highest BCUT2D eigenvalue weighted by molar-refractivity contribution is 7.89. The molecule has 3 rings (SSSR count). The molecule has 2 heterocycles. The monoisotopic (exact) mass is 458 g/mol. The van der Waals surface area contributed by atoms with Crippen LogP contribution in [0.3, 0.4) is 0 Å². The lowest BCUT2D eigenvalue weighted by Gasteiger charge is -2.32. The summed E-state index contributed by atoms with van der Waals surface area (Å²) in [6.07, 6.45) is 4.46. The van der Waals surface area contributed by atoms with E-state index in [1.54, 1.807) is 62.3 Å². The van der Waals surface area contributed by atoms with Crippen LogP contribution in [0.25, 0.3) is 0 Å². The highest BCUT2D eigenvalue weighted by atomic mass is 32.2. The zero-order valence-electron chi connectivity index (χ0n) is 18.7. The summed E-state index contributed by atoms with van der Waals surface area (Å²) in [5.74, 6) is -0.345. The van der Waals surface area contributed by atoms with Crippen LogP contribution < -0.4 is 5.32 Å². The van der Waals surface area contributed by atoms with Gasteiger partial charge in [-0.3, -0.25) is 14.6 Å². The second-order valence-electron chi connectivity index (χ2n) is 7.85. The van der Waals surface area contributed by atoms with Crippen molar-refractivity contribution in [2.24, 2.45) is 0 Å². The van der Waals surface area contributed by atoms with E-state index < -0.39 is 10.0 Å². The molecule has 1 aliphatic rings. The zero-order valence-corrected chi connectivity index (χ0v) is 19.6. The van der Waals surface area contributed by atoms with Crippen molar-refractivity contribution in [3.63, 3.8) is 0 Å². The maximum Gasteiger partial charge on any atom is 0.253 e. The van der Waals surface area contributed by atoms with Crippen LogP contribution in [0.2, 0.25) is 0 Å². The number of piperidine rings is 1. The van der Waals surface area contributed by atoms with Crippen molar-refractivity contribution in [3.05, 3.63) is 59.4 Å². The van der Waals surface area contributed by atoms with Gasteiger partial charge in [0.2, 0.25) is 10.0 Å². The van der Waals surface area contributed by atoms with Gasteiger partial charge in [-0.15, -0.1) is 0 Å². The Labute approximate surface area is 189 Å². The highest BCUT2D eigenvalue weighted by Gasteiger charge is 2.27. The van der Waals surface area contributed by atoms with Gasteiger partial charge in [0.1, 0.15) is 0 Å². The molecule has 0 aliphatic carbocycles. The molecule has 2 amide bonds. The molecule has 0 bridgehead atoms. The van der Waals surface area contributed by atoms with Gasteiger partial charge in [-0.05, 0) is 49.6 Å². The minimum absolute atomic E-state index is 0.0398. The highest BCUT2D eigenvalue weighted by Crippen LogP contribution is 2.22. The van der Waals surface area contributed by atoms with Crippen LogP contribution in [0.1, 0.15) is 53.0 Å². The number of benzene rings is 1. The first-order chi connectivity index (χ1) is 15.3. The van der Waals surface area contributed by atoms with Gasteiger partial charge < -0.3 is 10.2 Å². The molecule has 1 N–H and O–H groups in total. The lowest BCUT2D eigenvalue weighted by Crippen LogP contribution is -2.46. The maximum atomic E-state index is 12.9. The molecule has 1 aromatic carbocycles. The SMILES string of the molecule is CCN(CC)S(=O)(=O)c1cc(C(=O)NC2CCN(C(=O)c3ccncc3)CC2)ccc1C. The summed E-state index contributed by atoms with van der Waals surface area (Å²) in [4.78, 5) is 31.3. The van der Waals surface area contributed by atoms with Gasteiger partial charge in [-0.1, -0.05) is 19.9 Å². The number of likely N-dealkylation sites (tertiary alicyclic amines) is 1. The molecule has 2 aromatic rings. The third-order valence-corrected chi connectivity index (χ3v) is 8.01. The summed E-state index contributed by atoms with van der Waals surface area (Å²) < 4.78 is 27.3. The van der Waals surface area contributed by atoms with Crippen molar-refractivity contribution in [1.82, 2.24) is 19.5 Å². The van der Waals surface area contributed by atoms with E-state index in [-0.39, 0.29) is 22.8 Å². The van der Waals surface area contributed by atoms with Crippen molar-refractivity contribution < 1.29 is 18.0 Å². The number of aryl methyl sites for hydroxylation is 1. The Balaban J connectivity index is 1.65. The van der Waals surface area contributed by atoms with Crippen LogP contribution in [0.15, 0.2) is 47.6 Å². The molecule has 0 saturated carbocycles. The average Bonchev–Trinajstić information content (AvgIpc) is 2.80. The molecular weight excluding hydrogens is 428 g/mol. The molecule has 8 nitrogen and oxygen atoms in total. The van der Waals surface area contributed by atoms with Crippen molar-refractivity contribution in [2.75, 3.05) is 26.2 Å². The molecule has 0 atom stereocenters. The number of nitrogens with one attached hydrogen (secondary N) is 1. The summed E-state index contributed by atoms with van der Waals surface area (Å²) in [6, 6.07) is 8.08. The van der Waals surface area contributed by atoms with Gasteiger partial charge in [-0.25, -0.2) is 8.42 Å². The summed E-state index contributed by atoms with van der Waals surface area (Å²) in [6.45, 7) is 7.13.